The Morgan fingerprint density at radius 1 is 1.53 bits per heavy atom. The molecule has 0 atom stereocenters. The van der Waals surface area contributed by atoms with Crippen molar-refractivity contribution in [1.82, 2.24) is 10.1 Å². The summed E-state index contributed by atoms with van der Waals surface area (Å²) in [5, 5.41) is 4.27. The standard InChI is InChI=1S/C10H13ClN2O2/c1-13-4-2-7(3-5-13)10-9(11)8(6-14)15-12-10/h6-7H,2-5H2,1H3. The fourth-order valence-electron chi connectivity index (χ4n) is 1.91. The molecule has 15 heavy (non-hydrogen) atoms. The third-order valence-corrected chi connectivity index (χ3v) is 3.28. The molecular weight excluding hydrogens is 216 g/mol. The highest BCUT2D eigenvalue weighted by atomic mass is 35.5. The Morgan fingerprint density at radius 2 is 2.20 bits per heavy atom. The Kier molecular flexibility index (Phi) is 3.07. The molecule has 4 nitrogen and oxygen atoms in total. The lowest BCUT2D eigenvalue weighted by atomic mass is 9.94. The molecule has 2 heterocycles. The van der Waals surface area contributed by atoms with E-state index in [1.807, 2.05) is 0 Å². The lowest BCUT2D eigenvalue weighted by Crippen LogP contribution is -2.29. The minimum atomic E-state index is 0.144. The Hall–Kier alpha value is -0.870. The van der Waals surface area contributed by atoms with Gasteiger partial charge in [-0.15, -0.1) is 0 Å². The van der Waals surface area contributed by atoms with E-state index < -0.39 is 0 Å². The molecule has 0 aliphatic carbocycles. The molecule has 0 bridgehead atoms. The molecule has 1 fully saturated rings. The summed E-state index contributed by atoms with van der Waals surface area (Å²) in [6, 6.07) is 0. The summed E-state index contributed by atoms with van der Waals surface area (Å²) >= 11 is 5.99. The molecule has 1 aliphatic rings. The lowest BCUT2D eigenvalue weighted by molar-refractivity contribution is 0.109. The van der Waals surface area contributed by atoms with Crippen LogP contribution >= 0.6 is 11.6 Å². The monoisotopic (exact) mass is 228 g/mol. The van der Waals surface area contributed by atoms with Crippen LogP contribution in [-0.2, 0) is 0 Å². The summed E-state index contributed by atoms with van der Waals surface area (Å²) in [7, 11) is 2.09. The van der Waals surface area contributed by atoms with Gasteiger partial charge in [-0.25, -0.2) is 0 Å². The van der Waals surface area contributed by atoms with E-state index in [1.54, 1.807) is 0 Å². The zero-order valence-corrected chi connectivity index (χ0v) is 9.33. The van der Waals surface area contributed by atoms with Crippen molar-refractivity contribution in [2.24, 2.45) is 0 Å². The maximum Gasteiger partial charge on any atom is 0.218 e. The number of hydrogen-bond acceptors (Lipinski definition) is 4. The molecule has 0 unspecified atom stereocenters. The number of carbonyl (C=O) groups excluding carboxylic acids is 1. The summed E-state index contributed by atoms with van der Waals surface area (Å²) < 4.78 is 4.86. The number of piperidine rings is 1. The first-order valence-electron chi connectivity index (χ1n) is 5.01. The predicted molar refractivity (Wildman–Crippen MR) is 56.4 cm³/mol. The molecule has 0 spiro atoms. The number of nitrogens with zero attached hydrogens (tertiary/aromatic N) is 2. The molecule has 2 rings (SSSR count). The summed E-state index contributed by atoms with van der Waals surface area (Å²) in [6.45, 7) is 2.06. The van der Waals surface area contributed by atoms with E-state index in [4.69, 9.17) is 16.1 Å². The van der Waals surface area contributed by atoms with E-state index in [0.717, 1.165) is 31.6 Å². The van der Waals surface area contributed by atoms with Gasteiger partial charge in [0, 0.05) is 5.92 Å². The zero-order valence-electron chi connectivity index (χ0n) is 8.57. The minimum absolute atomic E-state index is 0.144. The normalized spacial score (nSPS) is 19.3. The number of aldehydes is 1. The van der Waals surface area contributed by atoms with Crippen molar-refractivity contribution in [2.45, 2.75) is 18.8 Å². The van der Waals surface area contributed by atoms with Crippen LogP contribution in [0.2, 0.25) is 5.02 Å². The van der Waals surface area contributed by atoms with Crippen LogP contribution in [0.4, 0.5) is 0 Å². The summed E-state index contributed by atoms with van der Waals surface area (Å²) in [5.74, 6) is 0.469. The average Bonchev–Trinajstić information content (AvgIpc) is 2.61. The van der Waals surface area contributed by atoms with Gasteiger partial charge in [0.1, 0.15) is 10.7 Å². The van der Waals surface area contributed by atoms with E-state index in [1.165, 1.54) is 0 Å². The van der Waals surface area contributed by atoms with Crippen LogP contribution in [0.25, 0.3) is 0 Å². The fourth-order valence-corrected chi connectivity index (χ4v) is 2.18. The molecule has 0 amide bonds. The summed E-state index contributed by atoms with van der Waals surface area (Å²) in [5.41, 5.74) is 0.742. The Bertz CT molecular complexity index is 356. The van der Waals surface area contributed by atoms with Gasteiger partial charge in [-0.3, -0.25) is 4.79 Å². The second-order valence-corrected chi connectivity index (χ2v) is 4.32. The Labute approximate surface area is 93.2 Å². The first-order valence-corrected chi connectivity index (χ1v) is 5.39. The first kappa shape index (κ1) is 10.6. The highest BCUT2D eigenvalue weighted by Gasteiger charge is 2.25. The quantitative estimate of drug-likeness (QED) is 0.726. The molecular formula is C10H13ClN2O2. The van der Waals surface area contributed by atoms with Crippen molar-refractivity contribution in [3.63, 3.8) is 0 Å². The van der Waals surface area contributed by atoms with Crippen LogP contribution in [-0.4, -0.2) is 36.5 Å². The van der Waals surface area contributed by atoms with Crippen LogP contribution < -0.4 is 0 Å². The summed E-state index contributed by atoms with van der Waals surface area (Å²) in [4.78, 5) is 12.8. The van der Waals surface area contributed by atoms with Gasteiger partial charge in [0.15, 0.2) is 6.29 Å². The van der Waals surface area contributed by atoms with Crippen LogP contribution in [0, 0.1) is 0 Å². The van der Waals surface area contributed by atoms with Gasteiger partial charge < -0.3 is 9.42 Å². The van der Waals surface area contributed by atoms with Crippen LogP contribution in [0.5, 0.6) is 0 Å². The highest BCUT2D eigenvalue weighted by Crippen LogP contribution is 2.32. The number of carbonyl (C=O) groups is 1. The van der Waals surface area contributed by atoms with Crippen molar-refractivity contribution < 1.29 is 9.32 Å². The van der Waals surface area contributed by atoms with Gasteiger partial charge in [0.2, 0.25) is 5.76 Å². The average molecular weight is 229 g/mol. The van der Waals surface area contributed by atoms with Gasteiger partial charge in [0.05, 0.1) is 0 Å². The maximum atomic E-state index is 10.5. The SMILES string of the molecule is CN1CCC(c2noc(C=O)c2Cl)CC1. The molecule has 0 aromatic carbocycles. The zero-order chi connectivity index (χ0) is 10.8. The number of halogens is 1. The lowest BCUT2D eigenvalue weighted by Gasteiger charge is -2.27. The third kappa shape index (κ3) is 2.06. The number of hydrogen-bond donors (Lipinski definition) is 0. The van der Waals surface area contributed by atoms with Gasteiger partial charge in [-0.05, 0) is 33.0 Å². The maximum absolute atomic E-state index is 10.5. The van der Waals surface area contributed by atoms with Crippen molar-refractivity contribution >= 4 is 17.9 Å². The topological polar surface area (TPSA) is 46.3 Å². The second-order valence-electron chi connectivity index (χ2n) is 3.94. The number of aromatic nitrogens is 1. The van der Waals surface area contributed by atoms with Crippen molar-refractivity contribution in [2.75, 3.05) is 20.1 Å². The van der Waals surface area contributed by atoms with Gasteiger partial charge in [-0.1, -0.05) is 16.8 Å². The fraction of sp³-hybridized carbons (Fsp3) is 0.600. The first-order chi connectivity index (χ1) is 7.22. The van der Waals surface area contributed by atoms with Crippen molar-refractivity contribution in [3.05, 3.63) is 16.5 Å². The predicted octanol–water partition coefficient (Wildman–Crippen LogP) is 1.95. The van der Waals surface area contributed by atoms with E-state index in [2.05, 4.69) is 17.1 Å². The summed E-state index contributed by atoms with van der Waals surface area (Å²) in [6.07, 6.45) is 2.63. The molecule has 1 aromatic rings. The van der Waals surface area contributed by atoms with E-state index in [9.17, 15) is 4.79 Å². The van der Waals surface area contributed by atoms with Crippen LogP contribution in [0.1, 0.15) is 35.0 Å². The number of likely N-dealkylation sites (tertiary alicyclic amines) is 1. The highest BCUT2D eigenvalue weighted by molar-refractivity contribution is 6.33. The van der Waals surface area contributed by atoms with Crippen molar-refractivity contribution in [1.29, 1.82) is 0 Å². The molecule has 0 N–H and O–H groups in total. The largest absolute Gasteiger partial charge is 0.351 e. The molecule has 0 saturated carbocycles. The van der Waals surface area contributed by atoms with E-state index in [-0.39, 0.29) is 5.76 Å². The van der Waals surface area contributed by atoms with Gasteiger partial charge in [0.25, 0.3) is 0 Å². The molecule has 1 saturated heterocycles. The molecule has 1 aromatic heterocycles. The van der Waals surface area contributed by atoms with Crippen molar-refractivity contribution in [3.8, 4) is 0 Å². The van der Waals surface area contributed by atoms with Crippen LogP contribution in [0.3, 0.4) is 0 Å². The van der Waals surface area contributed by atoms with E-state index in [0.29, 0.717) is 17.2 Å². The molecule has 5 heteroatoms. The molecule has 0 radical (unpaired) electrons. The van der Waals surface area contributed by atoms with Crippen LogP contribution in [0.15, 0.2) is 4.52 Å². The second kappa shape index (κ2) is 4.33. The van der Waals surface area contributed by atoms with Gasteiger partial charge >= 0.3 is 0 Å². The smallest absolute Gasteiger partial charge is 0.218 e. The van der Waals surface area contributed by atoms with Gasteiger partial charge in [-0.2, -0.15) is 0 Å². The molecule has 82 valence electrons. The molecule has 1 aliphatic heterocycles. The minimum Gasteiger partial charge on any atom is -0.351 e. The Balaban J connectivity index is 2.15. The van der Waals surface area contributed by atoms with E-state index >= 15 is 0 Å². The number of rotatable bonds is 2. The Morgan fingerprint density at radius 3 is 2.73 bits per heavy atom. The third-order valence-electron chi connectivity index (χ3n) is 2.90.